The lowest BCUT2D eigenvalue weighted by molar-refractivity contribution is 0.379. The minimum Gasteiger partial charge on any atom is -0.371 e. The molecule has 0 spiro atoms. The summed E-state index contributed by atoms with van der Waals surface area (Å²) in [7, 11) is 0. The van der Waals surface area contributed by atoms with Crippen LogP contribution in [0.1, 0.15) is 50.5 Å². The third-order valence-electron chi connectivity index (χ3n) is 4.69. The van der Waals surface area contributed by atoms with E-state index in [9.17, 15) is 0 Å². The number of hydrogen-bond acceptors (Lipinski definition) is 1. The number of anilines is 1. The molecule has 2 aliphatic rings. The first kappa shape index (κ1) is 12.1. The van der Waals surface area contributed by atoms with Crippen LogP contribution >= 0.6 is 0 Å². The minimum absolute atomic E-state index is 0.941. The minimum atomic E-state index is 0.941. The van der Waals surface area contributed by atoms with E-state index in [4.69, 9.17) is 0 Å². The Kier molecular flexibility index (Phi) is 3.87. The van der Waals surface area contributed by atoms with E-state index >= 15 is 0 Å². The summed E-state index contributed by atoms with van der Waals surface area (Å²) in [5.74, 6) is 0.941. The SMILES string of the molecule is c1ccc2c(c1)CCN2CC1CCCCCCC1. The largest absolute Gasteiger partial charge is 0.371 e. The van der Waals surface area contributed by atoms with Crippen LogP contribution in [0.15, 0.2) is 24.3 Å². The number of nitrogens with zero attached hydrogens (tertiary/aromatic N) is 1. The normalized spacial score (nSPS) is 21.4. The number of rotatable bonds is 2. The Morgan fingerprint density at radius 1 is 0.944 bits per heavy atom. The molecule has 0 atom stereocenters. The van der Waals surface area contributed by atoms with Gasteiger partial charge in [-0.05, 0) is 36.8 Å². The third kappa shape index (κ3) is 2.71. The van der Waals surface area contributed by atoms with Crippen molar-refractivity contribution in [2.45, 2.75) is 51.4 Å². The van der Waals surface area contributed by atoms with E-state index in [-0.39, 0.29) is 0 Å². The van der Waals surface area contributed by atoms with Crippen LogP contribution in [-0.2, 0) is 6.42 Å². The van der Waals surface area contributed by atoms with Crippen molar-refractivity contribution in [3.63, 3.8) is 0 Å². The Labute approximate surface area is 111 Å². The van der Waals surface area contributed by atoms with Gasteiger partial charge in [-0.15, -0.1) is 0 Å². The molecular formula is C17H25N. The molecule has 0 radical (unpaired) electrons. The average Bonchev–Trinajstić information content (AvgIpc) is 2.76. The van der Waals surface area contributed by atoms with Crippen molar-refractivity contribution in [2.75, 3.05) is 18.0 Å². The zero-order chi connectivity index (χ0) is 12.2. The Balaban J connectivity index is 1.62. The maximum atomic E-state index is 2.64. The third-order valence-corrected chi connectivity index (χ3v) is 4.69. The van der Waals surface area contributed by atoms with E-state index in [1.165, 1.54) is 70.1 Å². The van der Waals surface area contributed by atoms with Gasteiger partial charge in [-0.1, -0.05) is 50.3 Å². The second kappa shape index (κ2) is 5.77. The van der Waals surface area contributed by atoms with Gasteiger partial charge in [0.15, 0.2) is 0 Å². The number of hydrogen-bond donors (Lipinski definition) is 0. The van der Waals surface area contributed by atoms with E-state index in [1.807, 2.05) is 0 Å². The van der Waals surface area contributed by atoms with Crippen molar-refractivity contribution >= 4 is 5.69 Å². The molecule has 0 unspecified atom stereocenters. The van der Waals surface area contributed by atoms with Crippen LogP contribution in [0.5, 0.6) is 0 Å². The number of para-hydroxylation sites is 1. The van der Waals surface area contributed by atoms with Crippen LogP contribution in [0.25, 0.3) is 0 Å². The van der Waals surface area contributed by atoms with Gasteiger partial charge in [0.1, 0.15) is 0 Å². The number of benzene rings is 1. The molecule has 0 saturated heterocycles. The van der Waals surface area contributed by atoms with Gasteiger partial charge in [0.25, 0.3) is 0 Å². The van der Waals surface area contributed by atoms with Crippen molar-refractivity contribution in [2.24, 2.45) is 5.92 Å². The molecule has 1 aliphatic carbocycles. The van der Waals surface area contributed by atoms with Crippen molar-refractivity contribution in [1.29, 1.82) is 0 Å². The molecule has 1 aromatic carbocycles. The molecule has 1 nitrogen and oxygen atoms in total. The highest BCUT2D eigenvalue weighted by atomic mass is 15.1. The van der Waals surface area contributed by atoms with E-state index in [0.717, 1.165) is 5.92 Å². The van der Waals surface area contributed by atoms with E-state index in [2.05, 4.69) is 29.2 Å². The van der Waals surface area contributed by atoms with Crippen LogP contribution in [0.2, 0.25) is 0 Å². The van der Waals surface area contributed by atoms with Gasteiger partial charge < -0.3 is 4.90 Å². The Bertz CT molecular complexity index is 377. The molecule has 0 amide bonds. The zero-order valence-corrected chi connectivity index (χ0v) is 11.4. The Hall–Kier alpha value is -0.980. The van der Waals surface area contributed by atoms with Gasteiger partial charge in [0.2, 0.25) is 0 Å². The van der Waals surface area contributed by atoms with Gasteiger partial charge in [0, 0.05) is 18.8 Å². The molecule has 1 fully saturated rings. The molecule has 0 bridgehead atoms. The van der Waals surface area contributed by atoms with Crippen molar-refractivity contribution in [1.82, 2.24) is 0 Å². The van der Waals surface area contributed by atoms with E-state index in [0.29, 0.717) is 0 Å². The van der Waals surface area contributed by atoms with Crippen LogP contribution in [0.4, 0.5) is 5.69 Å². The molecule has 1 saturated carbocycles. The summed E-state index contributed by atoms with van der Waals surface area (Å²) in [5.41, 5.74) is 3.07. The summed E-state index contributed by atoms with van der Waals surface area (Å²) < 4.78 is 0. The first-order valence-electron chi connectivity index (χ1n) is 7.76. The Morgan fingerprint density at radius 2 is 1.67 bits per heavy atom. The average molecular weight is 243 g/mol. The molecule has 1 heteroatoms. The number of fused-ring (bicyclic) bond motifs is 1. The fourth-order valence-corrected chi connectivity index (χ4v) is 3.63. The lowest BCUT2D eigenvalue weighted by Crippen LogP contribution is -2.28. The first-order valence-corrected chi connectivity index (χ1v) is 7.76. The van der Waals surface area contributed by atoms with Crippen molar-refractivity contribution < 1.29 is 0 Å². The van der Waals surface area contributed by atoms with Gasteiger partial charge in [-0.2, -0.15) is 0 Å². The molecular weight excluding hydrogens is 218 g/mol. The zero-order valence-electron chi connectivity index (χ0n) is 11.4. The van der Waals surface area contributed by atoms with E-state index in [1.54, 1.807) is 5.56 Å². The second-order valence-corrected chi connectivity index (χ2v) is 6.04. The topological polar surface area (TPSA) is 3.24 Å². The first-order chi connectivity index (χ1) is 8.93. The molecule has 1 aliphatic heterocycles. The maximum absolute atomic E-state index is 2.64. The summed E-state index contributed by atoms with van der Waals surface area (Å²) in [6.07, 6.45) is 11.5. The van der Waals surface area contributed by atoms with Crippen molar-refractivity contribution in [3.05, 3.63) is 29.8 Å². The van der Waals surface area contributed by atoms with Crippen LogP contribution in [-0.4, -0.2) is 13.1 Å². The monoisotopic (exact) mass is 243 g/mol. The van der Waals surface area contributed by atoms with E-state index < -0.39 is 0 Å². The summed E-state index contributed by atoms with van der Waals surface area (Å²) in [4.78, 5) is 2.64. The highest BCUT2D eigenvalue weighted by Gasteiger charge is 2.21. The summed E-state index contributed by atoms with van der Waals surface area (Å²) in [5, 5.41) is 0. The molecule has 3 rings (SSSR count). The van der Waals surface area contributed by atoms with Gasteiger partial charge in [0.05, 0.1) is 0 Å². The highest BCUT2D eigenvalue weighted by Crippen LogP contribution is 2.30. The molecule has 18 heavy (non-hydrogen) atoms. The lowest BCUT2D eigenvalue weighted by Gasteiger charge is -2.27. The van der Waals surface area contributed by atoms with Crippen LogP contribution < -0.4 is 4.90 Å². The molecule has 0 aromatic heterocycles. The fourth-order valence-electron chi connectivity index (χ4n) is 3.63. The molecule has 1 aromatic rings. The van der Waals surface area contributed by atoms with Crippen molar-refractivity contribution in [3.8, 4) is 0 Å². The van der Waals surface area contributed by atoms with Gasteiger partial charge in [-0.25, -0.2) is 0 Å². The second-order valence-electron chi connectivity index (χ2n) is 6.04. The maximum Gasteiger partial charge on any atom is 0.0399 e. The Morgan fingerprint density at radius 3 is 2.50 bits per heavy atom. The smallest absolute Gasteiger partial charge is 0.0399 e. The van der Waals surface area contributed by atoms with Gasteiger partial charge in [-0.3, -0.25) is 0 Å². The van der Waals surface area contributed by atoms with Gasteiger partial charge >= 0.3 is 0 Å². The molecule has 1 heterocycles. The van der Waals surface area contributed by atoms with Crippen LogP contribution in [0, 0.1) is 5.92 Å². The standard InChI is InChI=1S/C17H25N/c1-2-4-8-15(9-5-3-1)14-18-13-12-16-10-6-7-11-17(16)18/h6-7,10-11,15H,1-5,8-9,12-14H2. The summed E-state index contributed by atoms with van der Waals surface area (Å²) >= 11 is 0. The molecule has 0 N–H and O–H groups in total. The fraction of sp³-hybridized carbons (Fsp3) is 0.647. The highest BCUT2D eigenvalue weighted by molar-refractivity contribution is 5.57. The predicted octanol–water partition coefficient (Wildman–Crippen LogP) is 4.41. The lowest BCUT2D eigenvalue weighted by atomic mass is 9.91. The summed E-state index contributed by atoms with van der Waals surface area (Å²) in [6, 6.07) is 8.98. The molecule has 98 valence electrons. The predicted molar refractivity (Wildman–Crippen MR) is 78.2 cm³/mol. The van der Waals surface area contributed by atoms with Crippen LogP contribution in [0.3, 0.4) is 0 Å². The quantitative estimate of drug-likeness (QED) is 0.743. The summed E-state index contributed by atoms with van der Waals surface area (Å²) in [6.45, 7) is 2.55.